The van der Waals surface area contributed by atoms with Crippen molar-refractivity contribution in [1.82, 2.24) is 10.4 Å². The predicted octanol–water partition coefficient (Wildman–Crippen LogP) is 8.01. The predicted molar refractivity (Wildman–Crippen MR) is 170 cm³/mol. The van der Waals surface area contributed by atoms with Gasteiger partial charge in [0.25, 0.3) is 5.91 Å². The number of aromatic amines is 1. The van der Waals surface area contributed by atoms with Gasteiger partial charge in [0.2, 0.25) is 0 Å². The lowest BCUT2D eigenvalue weighted by molar-refractivity contribution is 0.0734. The normalized spacial score (nSPS) is 11.1. The van der Waals surface area contributed by atoms with Gasteiger partial charge in [-0.3, -0.25) is 4.79 Å². The summed E-state index contributed by atoms with van der Waals surface area (Å²) in [5, 5.41) is 5.37. The van der Waals surface area contributed by atoms with E-state index in [0.717, 1.165) is 14.3 Å². The van der Waals surface area contributed by atoms with E-state index in [-0.39, 0.29) is 11.4 Å². The van der Waals surface area contributed by atoms with Crippen LogP contribution >= 0.6 is 43.5 Å². The van der Waals surface area contributed by atoms with Crippen molar-refractivity contribution in [3.63, 3.8) is 0 Å². The summed E-state index contributed by atoms with van der Waals surface area (Å²) in [5.74, 6) is 0.366. The highest BCUT2D eigenvalue weighted by Gasteiger charge is 2.24. The fraction of sp³-hybridized carbons (Fsp3) is 0.0645. The molecule has 42 heavy (non-hydrogen) atoms. The van der Waals surface area contributed by atoms with Crippen LogP contribution in [0.5, 0.6) is 17.2 Å². The van der Waals surface area contributed by atoms with E-state index >= 15 is 0 Å². The number of amides is 1. The van der Waals surface area contributed by atoms with Gasteiger partial charge in [-0.2, -0.15) is 5.10 Å². The number of nitrogens with one attached hydrogen (secondary N) is 2. The number of carbonyl (C=O) groups is 2. The SMILES string of the molecule is COc1ccc(C(=O)Oc2ccc(Br)cc2C=NNC(=O)c2[nH]c3c(OC)ccc(Br)c3c2-c2ccccc2Cl)cc1. The van der Waals surface area contributed by atoms with Crippen molar-refractivity contribution in [2.45, 2.75) is 0 Å². The number of methoxy groups -OCH3 is 2. The van der Waals surface area contributed by atoms with E-state index in [0.29, 0.717) is 44.3 Å². The van der Waals surface area contributed by atoms with E-state index in [9.17, 15) is 9.59 Å². The molecule has 0 fully saturated rings. The van der Waals surface area contributed by atoms with Crippen LogP contribution in [0.1, 0.15) is 26.4 Å². The third kappa shape index (κ3) is 6.06. The first-order valence-corrected chi connectivity index (χ1v) is 14.4. The first-order valence-electron chi connectivity index (χ1n) is 12.4. The van der Waals surface area contributed by atoms with Gasteiger partial charge < -0.3 is 19.2 Å². The number of H-pyrrole nitrogens is 1. The second kappa shape index (κ2) is 12.8. The van der Waals surface area contributed by atoms with E-state index in [4.69, 9.17) is 25.8 Å². The highest BCUT2D eigenvalue weighted by Crippen LogP contribution is 2.43. The molecule has 0 saturated heterocycles. The van der Waals surface area contributed by atoms with E-state index in [1.807, 2.05) is 24.3 Å². The van der Waals surface area contributed by atoms with Gasteiger partial charge in [-0.05, 0) is 60.7 Å². The Bertz CT molecular complexity index is 1840. The van der Waals surface area contributed by atoms with Crippen molar-refractivity contribution in [2.24, 2.45) is 5.10 Å². The molecule has 2 N–H and O–H groups in total. The minimum absolute atomic E-state index is 0.237. The van der Waals surface area contributed by atoms with Crippen LogP contribution in [0, 0.1) is 0 Å². The van der Waals surface area contributed by atoms with Crippen molar-refractivity contribution < 1.29 is 23.8 Å². The summed E-state index contributed by atoms with van der Waals surface area (Å²) in [6.07, 6.45) is 1.40. The molecule has 1 aromatic heterocycles. The molecule has 0 spiro atoms. The van der Waals surface area contributed by atoms with Gasteiger partial charge in [-0.25, -0.2) is 10.2 Å². The van der Waals surface area contributed by atoms with Crippen LogP contribution in [0.4, 0.5) is 0 Å². The van der Waals surface area contributed by atoms with Crippen LogP contribution in [0.25, 0.3) is 22.0 Å². The maximum Gasteiger partial charge on any atom is 0.343 e. The Labute approximate surface area is 262 Å². The molecule has 1 heterocycles. The third-order valence-corrected chi connectivity index (χ3v) is 7.81. The Kier molecular flexibility index (Phi) is 8.96. The molecule has 0 bridgehead atoms. The monoisotopic (exact) mass is 709 g/mol. The Morgan fingerprint density at radius 1 is 0.929 bits per heavy atom. The van der Waals surface area contributed by atoms with Gasteiger partial charge in [0.05, 0.1) is 31.5 Å². The Balaban J connectivity index is 1.45. The highest BCUT2D eigenvalue weighted by molar-refractivity contribution is 9.11. The molecule has 0 atom stereocenters. The lowest BCUT2D eigenvalue weighted by Crippen LogP contribution is -2.19. The molecule has 0 aliphatic carbocycles. The lowest BCUT2D eigenvalue weighted by atomic mass is 10.0. The summed E-state index contributed by atoms with van der Waals surface area (Å²) >= 11 is 13.6. The number of carbonyl (C=O) groups excluding carboxylic acids is 2. The molecule has 0 saturated carbocycles. The van der Waals surface area contributed by atoms with Gasteiger partial charge in [0.15, 0.2) is 0 Å². The Hall–Kier alpha value is -4.12. The van der Waals surface area contributed by atoms with E-state index < -0.39 is 11.9 Å². The summed E-state index contributed by atoms with van der Waals surface area (Å²) in [7, 11) is 3.10. The van der Waals surface area contributed by atoms with Gasteiger partial charge in [0, 0.05) is 36.0 Å². The van der Waals surface area contributed by atoms with Crippen LogP contribution in [0.15, 0.2) is 92.9 Å². The summed E-state index contributed by atoms with van der Waals surface area (Å²) in [6.45, 7) is 0. The maximum atomic E-state index is 13.5. The molecule has 8 nitrogen and oxygen atoms in total. The first kappa shape index (κ1) is 29.4. The minimum atomic E-state index is -0.555. The molecule has 212 valence electrons. The molecule has 5 aromatic rings. The summed E-state index contributed by atoms with van der Waals surface area (Å²) < 4.78 is 17.8. The number of hydrogen-bond donors (Lipinski definition) is 2. The van der Waals surface area contributed by atoms with Crippen LogP contribution < -0.4 is 19.6 Å². The molecule has 0 radical (unpaired) electrons. The third-order valence-electron chi connectivity index (χ3n) is 6.33. The standard InChI is InChI=1S/C31H22Br2ClN3O5/c1-40-20-10-7-17(8-11-20)31(39)42-24-13-9-19(32)15-18(24)16-35-37-30(38)29-26(21-5-3-4-6-23(21)34)27-22(33)12-14-25(41-2)28(27)36-29/h3-16,36H,1-2H3,(H,37,38). The quantitative estimate of drug-likeness (QED) is 0.0735. The van der Waals surface area contributed by atoms with Gasteiger partial charge in [0.1, 0.15) is 22.9 Å². The number of esters is 1. The van der Waals surface area contributed by atoms with Crippen LogP contribution in [0.3, 0.4) is 0 Å². The van der Waals surface area contributed by atoms with Crippen molar-refractivity contribution in [3.05, 3.63) is 110 Å². The second-order valence-electron chi connectivity index (χ2n) is 8.85. The second-order valence-corrected chi connectivity index (χ2v) is 11.0. The average Bonchev–Trinajstić information content (AvgIpc) is 3.40. The molecule has 1 amide bonds. The average molecular weight is 712 g/mol. The fourth-order valence-corrected chi connectivity index (χ4v) is 5.47. The number of aromatic nitrogens is 1. The van der Waals surface area contributed by atoms with E-state index in [2.05, 4.69) is 47.4 Å². The molecule has 0 aliphatic rings. The summed E-state index contributed by atoms with van der Waals surface area (Å²) in [4.78, 5) is 29.5. The fourth-order valence-electron chi connectivity index (χ4n) is 4.33. The highest BCUT2D eigenvalue weighted by atomic mass is 79.9. The zero-order valence-electron chi connectivity index (χ0n) is 22.2. The van der Waals surface area contributed by atoms with Crippen molar-refractivity contribution in [1.29, 1.82) is 0 Å². The molecule has 0 unspecified atom stereocenters. The van der Waals surface area contributed by atoms with E-state index in [1.165, 1.54) is 6.21 Å². The zero-order valence-corrected chi connectivity index (χ0v) is 26.1. The van der Waals surface area contributed by atoms with Crippen LogP contribution in [-0.4, -0.2) is 37.3 Å². The number of hydrogen-bond acceptors (Lipinski definition) is 6. The number of halogens is 3. The maximum absolute atomic E-state index is 13.5. The Morgan fingerprint density at radius 3 is 2.38 bits per heavy atom. The molecular formula is C31H22Br2ClN3O5. The molecule has 0 aliphatic heterocycles. The largest absolute Gasteiger partial charge is 0.497 e. The topological polar surface area (TPSA) is 102 Å². The molecular weight excluding hydrogens is 690 g/mol. The van der Waals surface area contributed by atoms with Crippen molar-refractivity contribution >= 4 is 72.5 Å². The summed E-state index contributed by atoms with van der Waals surface area (Å²) in [6, 6.07) is 22.5. The Morgan fingerprint density at radius 2 is 1.67 bits per heavy atom. The van der Waals surface area contributed by atoms with E-state index in [1.54, 1.807) is 68.8 Å². The number of nitrogens with zero attached hydrogens (tertiary/aromatic N) is 1. The summed E-state index contributed by atoms with van der Waals surface area (Å²) in [5.41, 5.74) is 5.48. The van der Waals surface area contributed by atoms with Gasteiger partial charge in [-0.15, -0.1) is 0 Å². The number of ether oxygens (including phenoxy) is 3. The van der Waals surface area contributed by atoms with Crippen molar-refractivity contribution in [2.75, 3.05) is 14.2 Å². The molecule has 5 rings (SSSR count). The lowest BCUT2D eigenvalue weighted by Gasteiger charge is -2.09. The van der Waals surface area contributed by atoms with Crippen LogP contribution in [0.2, 0.25) is 5.02 Å². The number of hydrazone groups is 1. The first-order chi connectivity index (χ1) is 20.3. The number of benzene rings is 4. The molecule has 4 aromatic carbocycles. The number of fused-ring (bicyclic) bond motifs is 1. The molecule has 11 heteroatoms. The van der Waals surface area contributed by atoms with Crippen LogP contribution in [-0.2, 0) is 0 Å². The minimum Gasteiger partial charge on any atom is -0.497 e. The number of rotatable bonds is 8. The van der Waals surface area contributed by atoms with Gasteiger partial charge >= 0.3 is 5.97 Å². The smallest absolute Gasteiger partial charge is 0.343 e. The van der Waals surface area contributed by atoms with Gasteiger partial charge in [-0.1, -0.05) is 61.7 Å². The zero-order chi connectivity index (χ0) is 29.8. The van der Waals surface area contributed by atoms with Crippen molar-refractivity contribution in [3.8, 4) is 28.4 Å².